The molecule has 32 heavy (non-hydrogen) atoms. The van der Waals surface area contributed by atoms with Crippen LogP contribution in [0.15, 0.2) is 78.5 Å². The number of ether oxygens (including phenoxy) is 2. The van der Waals surface area contributed by atoms with E-state index in [0.717, 1.165) is 17.0 Å². The van der Waals surface area contributed by atoms with Gasteiger partial charge in [0.05, 0.1) is 25.5 Å². The number of aryl methyl sites for hydroxylation is 1. The third-order valence-electron chi connectivity index (χ3n) is 5.40. The molecule has 162 valence electrons. The molecule has 4 rings (SSSR count). The lowest BCUT2D eigenvalue weighted by Crippen LogP contribution is -2.32. The van der Waals surface area contributed by atoms with Crippen molar-refractivity contribution < 1.29 is 19.1 Å². The third kappa shape index (κ3) is 3.83. The van der Waals surface area contributed by atoms with E-state index < -0.39 is 11.8 Å². The molecule has 0 atom stereocenters. The molecule has 2 amide bonds. The normalized spacial score (nSPS) is 13.5. The fourth-order valence-electron chi connectivity index (χ4n) is 3.70. The zero-order valence-electron chi connectivity index (χ0n) is 18.2. The molecular formula is C26H24N2O4. The highest BCUT2D eigenvalue weighted by Crippen LogP contribution is 2.38. The van der Waals surface area contributed by atoms with Gasteiger partial charge in [0.2, 0.25) is 0 Å². The van der Waals surface area contributed by atoms with Gasteiger partial charge in [-0.3, -0.25) is 9.59 Å². The lowest BCUT2D eigenvalue weighted by Gasteiger charge is -2.16. The number of carbonyl (C=O) groups excluding carboxylic acids is 2. The van der Waals surface area contributed by atoms with Gasteiger partial charge < -0.3 is 14.8 Å². The standard InChI is InChI=1S/C26H24N2O4/c1-4-17-12-14-18(15-13-17)27-24-23(21-10-5-6-11-22(21)32-3)25(29)28(26(24)30)19-8-7-9-20(16-19)31-2/h5-16,27H,4H2,1-3H3. The minimum Gasteiger partial charge on any atom is -0.497 e. The number of benzene rings is 3. The molecule has 3 aromatic carbocycles. The van der Waals surface area contributed by atoms with Crippen LogP contribution < -0.4 is 19.7 Å². The number of methoxy groups -OCH3 is 2. The van der Waals surface area contributed by atoms with E-state index in [-0.39, 0.29) is 11.3 Å². The number of anilines is 2. The molecular weight excluding hydrogens is 404 g/mol. The molecule has 1 aliphatic rings. The van der Waals surface area contributed by atoms with Gasteiger partial charge >= 0.3 is 0 Å². The number of nitrogens with zero attached hydrogens (tertiary/aromatic N) is 1. The zero-order chi connectivity index (χ0) is 22.7. The van der Waals surface area contributed by atoms with E-state index >= 15 is 0 Å². The number of hydrogen-bond acceptors (Lipinski definition) is 5. The van der Waals surface area contributed by atoms with E-state index in [9.17, 15) is 9.59 Å². The van der Waals surface area contributed by atoms with Crippen LogP contribution in [0.4, 0.5) is 11.4 Å². The number of carbonyl (C=O) groups is 2. The van der Waals surface area contributed by atoms with Gasteiger partial charge in [-0.25, -0.2) is 4.90 Å². The van der Waals surface area contributed by atoms with Crippen LogP contribution in [0.5, 0.6) is 11.5 Å². The van der Waals surface area contributed by atoms with E-state index in [1.807, 2.05) is 36.4 Å². The van der Waals surface area contributed by atoms with Crippen molar-refractivity contribution >= 4 is 28.8 Å². The molecule has 0 radical (unpaired) electrons. The molecule has 0 unspecified atom stereocenters. The maximum absolute atomic E-state index is 13.6. The molecule has 0 spiro atoms. The van der Waals surface area contributed by atoms with E-state index in [1.165, 1.54) is 19.8 Å². The fourth-order valence-corrected chi connectivity index (χ4v) is 3.70. The number of para-hydroxylation sites is 1. The highest BCUT2D eigenvalue weighted by molar-refractivity contribution is 6.46. The average Bonchev–Trinajstić information content (AvgIpc) is 3.08. The Hall–Kier alpha value is -4.06. The Morgan fingerprint density at radius 1 is 0.844 bits per heavy atom. The minimum atomic E-state index is -0.441. The average molecular weight is 428 g/mol. The van der Waals surface area contributed by atoms with Crippen LogP contribution >= 0.6 is 0 Å². The Morgan fingerprint density at radius 3 is 2.28 bits per heavy atom. The Morgan fingerprint density at radius 2 is 1.59 bits per heavy atom. The van der Waals surface area contributed by atoms with Crippen molar-refractivity contribution in [1.82, 2.24) is 0 Å². The van der Waals surface area contributed by atoms with E-state index in [1.54, 1.807) is 36.4 Å². The van der Waals surface area contributed by atoms with E-state index in [4.69, 9.17) is 9.47 Å². The van der Waals surface area contributed by atoms with Crippen molar-refractivity contribution in [2.24, 2.45) is 0 Å². The molecule has 0 aliphatic carbocycles. The van der Waals surface area contributed by atoms with Crippen molar-refractivity contribution in [3.8, 4) is 11.5 Å². The van der Waals surface area contributed by atoms with Crippen LogP contribution in [0.3, 0.4) is 0 Å². The van der Waals surface area contributed by atoms with Crippen molar-refractivity contribution in [2.45, 2.75) is 13.3 Å². The van der Waals surface area contributed by atoms with Crippen LogP contribution in [0, 0.1) is 0 Å². The molecule has 0 fully saturated rings. The van der Waals surface area contributed by atoms with Crippen LogP contribution in [-0.2, 0) is 16.0 Å². The molecule has 0 bridgehead atoms. The summed E-state index contributed by atoms with van der Waals surface area (Å²) < 4.78 is 10.8. The van der Waals surface area contributed by atoms with Gasteiger partial charge in [0.25, 0.3) is 11.8 Å². The second-order valence-corrected chi connectivity index (χ2v) is 7.27. The highest BCUT2D eigenvalue weighted by Gasteiger charge is 2.41. The van der Waals surface area contributed by atoms with Crippen molar-refractivity contribution in [3.05, 3.63) is 89.6 Å². The summed E-state index contributed by atoms with van der Waals surface area (Å²) in [6.45, 7) is 2.08. The maximum atomic E-state index is 13.6. The van der Waals surface area contributed by atoms with E-state index in [2.05, 4.69) is 12.2 Å². The number of hydrogen-bond donors (Lipinski definition) is 1. The SMILES string of the molecule is CCc1ccc(NC2=C(c3ccccc3OC)C(=O)N(c3cccc(OC)c3)C2=O)cc1. The zero-order valence-corrected chi connectivity index (χ0v) is 18.2. The lowest BCUT2D eigenvalue weighted by molar-refractivity contribution is -0.120. The first-order valence-electron chi connectivity index (χ1n) is 10.3. The molecule has 0 aromatic heterocycles. The Labute approximate surface area is 187 Å². The van der Waals surface area contributed by atoms with Crippen LogP contribution in [0.1, 0.15) is 18.1 Å². The number of nitrogens with one attached hydrogen (secondary N) is 1. The lowest BCUT2D eigenvalue weighted by atomic mass is 10.0. The summed E-state index contributed by atoms with van der Waals surface area (Å²) in [7, 11) is 3.08. The molecule has 1 N–H and O–H groups in total. The maximum Gasteiger partial charge on any atom is 0.282 e. The summed E-state index contributed by atoms with van der Waals surface area (Å²) in [5, 5.41) is 3.18. The summed E-state index contributed by atoms with van der Waals surface area (Å²) in [6.07, 6.45) is 0.913. The van der Waals surface area contributed by atoms with Crippen LogP contribution in [0.2, 0.25) is 0 Å². The molecule has 3 aromatic rings. The van der Waals surface area contributed by atoms with Gasteiger partial charge in [-0.05, 0) is 42.3 Å². The van der Waals surface area contributed by atoms with Gasteiger partial charge in [-0.2, -0.15) is 0 Å². The number of amides is 2. The largest absolute Gasteiger partial charge is 0.497 e. The van der Waals surface area contributed by atoms with Crippen molar-refractivity contribution in [2.75, 3.05) is 24.4 Å². The van der Waals surface area contributed by atoms with Gasteiger partial charge in [0.15, 0.2) is 0 Å². The second-order valence-electron chi connectivity index (χ2n) is 7.27. The van der Waals surface area contributed by atoms with Crippen LogP contribution in [0.25, 0.3) is 5.57 Å². The molecule has 6 nitrogen and oxygen atoms in total. The first-order valence-corrected chi connectivity index (χ1v) is 10.3. The summed E-state index contributed by atoms with van der Waals surface area (Å²) in [5.74, 6) is 0.194. The first-order chi connectivity index (χ1) is 15.6. The topological polar surface area (TPSA) is 67.9 Å². The summed E-state index contributed by atoms with van der Waals surface area (Å²) in [5.41, 5.74) is 3.34. The van der Waals surface area contributed by atoms with Gasteiger partial charge in [0.1, 0.15) is 17.2 Å². The van der Waals surface area contributed by atoms with Crippen molar-refractivity contribution in [3.63, 3.8) is 0 Å². The van der Waals surface area contributed by atoms with Gasteiger partial charge in [0, 0.05) is 17.3 Å². The molecule has 1 heterocycles. The monoisotopic (exact) mass is 428 g/mol. The number of imide groups is 1. The molecule has 0 saturated carbocycles. The molecule has 6 heteroatoms. The predicted molar refractivity (Wildman–Crippen MR) is 125 cm³/mol. The van der Waals surface area contributed by atoms with E-state index in [0.29, 0.717) is 22.7 Å². The Kier molecular flexibility index (Phi) is 5.94. The molecule has 1 aliphatic heterocycles. The Balaban J connectivity index is 1.83. The summed E-state index contributed by atoms with van der Waals surface area (Å²) in [6, 6.07) is 21.8. The second kappa shape index (κ2) is 8.98. The van der Waals surface area contributed by atoms with Gasteiger partial charge in [-0.1, -0.05) is 43.3 Å². The first kappa shape index (κ1) is 21.2. The number of rotatable bonds is 7. The summed E-state index contributed by atoms with van der Waals surface area (Å²) in [4.78, 5) is 28.3. The fraction of sp³-hybridized carbons (Fsp3) is 0.154. The Bertz CT molecular complexity index is 1200. The predicted octanol–water partition coefficient (Wildman–Crippen LogP) is 4.66. The quantitative estimate of drug-likeness (QED) is 0.554. The minimum absolute atomic E-state index is 0.201. The summed E-state index contributed by atoms with van der Waals surface area (Å²) >= 11 is 0. The highest BCUT2D eigenvalue weighted by atomic mass is 16.5. The molecule has 0 saturated heterocycles. The smallest absolute Gasteiger partial charge is 0.282 e. The third-order valence-corrected chi connectivity index (χ3v) is 5.40. The van der Waals surface area contributed by atoms with Crippen molar-refractivity contribution in [1.29, 1.82) is 0 Å². The van der Waals surface area contributed by atoms with Gasteiger partial charge in [-0.15, -0.1) is 0 Å². The van der Waals surface area contributed by atoms with Crippen LogP contribution in [-0.4, -0.2) is 26.0 Å².